The average molecular weight is 387 g/mol. The highest BCUT2D eigenvalue weighted by Crippen LogP contribution is 2.30. The summed E-state index contributed by atoms with van der Waals surface area (Å²) in [7, 11) is -3.66. The molecule has 0 saturated carbocycles. The van der Waals surface area contributed by atoms with Crippen LogP contribution in [0.25, 0.3) is 0 Å². The van der Waals surface area contributed by atoms with E-state index >= 15 is 0 Å². The lowest BCUT2D eigenvalue weighted by Gasteiger charge is -2.33. The summed E-state index contributed by atoms with van der Waals surface area (Å²) >= 11 is 0. The first-order valence-electron chi connectivity index (χ1n) is 8.99. The second kappa shape index (κ2) is 6.84. The molecular formula is C19H21N3O4S. The lowest BCUT2D eigenvalue weighted by molar-refractivity contribution is -0.127. The van der Waals surface area contributed by atoms with Crippen molar-refractivity contribution in [2.75, 3.05) is 13.1 Å². The van der Waals surface area contributed by atoms with Gasteiger partial charge in [-0.3, -0.25) is 4.79 Å². The summed E-state index contributed by atoms with van der Waals surface area (Å²) < 4.78 is 33.9. The van der Waals surface area contributed by atoms with Crippen molar-refractivity contribution in [2.45, 2.75) is 30.7 Å². The molecule has 1 amide bonds. The van der Waals surface area contributed by atoms with Crippen LogP contribution in [-0.2, 0) is 14.8 Å². The van der Waals surface area contributed by atoms with Crippen molar-refractivity contribution in [2.24, 2.45) is 10.3 Å². The Labute approximate surface area is 158 Å². The van der Waals surface area contributed by atoms with Crippen molar-refractivity contribution in [1.29, 1.82) is 0 Å². The molecule has 1 saturated heterocycles. The van der Waals surface area contributed by atoms with Crippen LogP contribution in [-0.4, -0.2) is 38.2 Å². The van der Waals surface area contributed by atoms with E-state index in [2.05, 4.69) is 9.71 Å². The molecule has 0 aliphatic carbocycles. The average Bonchev–Trinajstić information content (AvgIpc) is 3.29. The Morgan fingerprint density at radius 3 is 2.89 bits per heavy atom. The molecule has 27 heavy (non-hydrogen) atoms. The first kappa shape index (κ1) is 17.8. The van der Waals surface area contributed by atoms with Gasteiger partial charge in [0.15, 0.2) is 5.84 Å². The molecule has 1 fully saturated rings. The minimum atomic E-state index is -3.66. The zero-order valence-electron chi connectivity index (χ0n) is 15.0. The Kier molecular flexibility index (Phi) is 4.51. The number of nitrogens with zero attached hydrogens (tertiary/aromatic N) is 2. The molecule has 142 valence electrons. The number of carbonyl (C=O) groups is 1. The van der Waals surface area contributed by atoms with Crippen LogP contribution in [0.15, 0.2) is 56.4 Å². The number of furan rings is 1. The number of amidine groups is 1. The molecule has 7 nitrogen and oxygen atoms in total. The second-order valence-electron chi connectivity index (χ2n) is 6.92. The SMILES string of the molecule is C[C@@H](NC(=O)[C@H]1CCCN(C2=NS(=O)(=O)c3ccccc32)C1)c1ccco1. The van der Waals surface area contributed by atoms with Crippen LogP contribution in [0.3, 0.4) is 0 Å². The van der Waals surface area contributed by atoms with Gasteiger partial charge in [-0.25, -0.2) is 0 Å². The number of fused-ring (bicyclic) bond motifs is 1. The maximum absolute atomic E-state index is 12.7. The number of hydrogen-bond acceptors (Lipinski definition) is 5. The topological polar surface area (TPSA) is 92.0 Å². The third-order valence-corrected chi connectivity index (χ3v) is 6.36. The van der Waals surface area contributed by atoms with Gasteiger partial charge in [0.1, 0.15) is 10.7 Å². The molecule has 2 aromatic rings. The normalized spacial score (nSPS) is 22.0. The highest BCUT2D eigenvalue weighted by molar-refractivity contribution is 7.90. The van der Waals surface area contributed by atoms with E-state index in [0.717, 1.165) is 12.8 Å². The minimum absolute atomic E-state index is 0.0571. The van der Waals surface area contributed by atoms with Crippen molar-refractivity contribution in [1.82, 2.24) is 10.2 Å². The predicted molar refractivity (Wildman–Crippen MR) is 99.7 cm³/mol. The first-order chi connectivity index (χ1) is 13.0. The monoisotopic (exact) mass is 387 g/mol. The summed E-state index contributed by atoms with van der Waals surface area (Å²) in [4.78, 5) is 14.8. The number of carbonyl (C=O) groups excluding carboxylic acids is 1. The number of sulfonamides is 1. The number of hydrogen-bond donors (Lipinski definition) is 1. The van der Waals surface area contributed by atoms with E-state index in [1.807, 2.05) is 17.9 Å². The fraction of sp³-hybridized carbons (Fsp3) is 0.368. The summed E-state index contributed by atoms with van der Waals surface area (Å²) in [5.41, 5.74) is 0.613. The first-order valence-corrected chi connectivity index (χ1v) is 10.4. The number of piperidine rings is 1. The van der Waals surface area contributed by atoms with Crippen LogP contribution in [0.2, 0.25) is 0 Å². The molecular weight excluding hydrogens is 366 g/mol. The Balaban J connectivity index is 1.50. The third-order valence-electron chi connectivity index (χ3n) is 5.03. The van der Waals surface area contributed by atoms with Crippen LogP contribution < -0.4 is 5.32 Å². The van der Waals surface area contributed by atoms with E-state index in [1.165, 1.54) is 0 Å². The molecule has 2 aliphatic rings. The molecule has 1 N–H and O–H groups in total. The molecule has 1 aromatic heterocycles. The Hall–Kier alpha value is -2.61. The summed E-state index contributed by atoms with van der Waals surface area (Å²) in [6.07, 6.45) is 3.14. The van der Waals surface area contributed by atoms with Crippen molar-refractivity contribution < 1.29 is 17.6 Å². The molecule has 0 unspecified atom stereocenters. The van der Waals surface area contributed by atoms with Crippen molar-refractivity contribution in [3.05, 3.63) is 54.0 Å². The van der Waals surface area contributed by atoms with Gasteiger partial charge in [0, 0.05) is 18.7 Å². The Morgan fingerprint density at radius 2 is 2.11 bits per heavy atom. The summed E-state index contributed by atoms with van der Waals surface area (Å²) in [6.45, 7) is 3.00. The molecule has 1 aromatic carbocycles. The van der Waals surface area contributed by atoms with Crippen LogP contribution in [0.1, 0.15) is 37.1 Å². The van der Waals surface area contributed by atoms with Gasteiger partial charge in [0.05, 0.1) is 18.2 Å². The third kappa shape index (κ3) is 3.37. The Morgan fingerprint density at radius 1 is 1.30 bits per heavy atom. The van der Waals surface area contributed by atoms with E-state index < -0.39 is 10.0 Å². The highest BCUT2D eigenvalue weighted by Gasteiger charge is 2.35. The number of benzene rings is 1. The van der Waals surface area contributed by atoms with Gasteiger partial charge in [-0.2, -0.15) is 8.42 Å². The van der Waals surface area contributed by atoms with E-state index in [9.17, 15) is 13.2 Å². The number of rotatable bonds is 3. The molecule has 4 rings (SSSR count). The smallest absolute Gasteiger partial charge is 0.285 e. The van der Waals surface area contributed by atoms with Crippen LogP contribution in [0, 0.1) is 5.92 Å². The highest BCUT2D eigenvalue weighted by atomic mass is 32.2. The summed E-state index contributed by atoms with van der Waals surface area (Å²) in [5, 5.41) is 2.98. The molecule has 2 aliphatic heterocycles. The maximum atomic E-state index is 12.7. The molecule has 3 heterocycles. The van der Waals surface area contributed by atoms with Gasteiger partial charge in [-0.1, -0.05) is 12.1 Å². The fourth-order valence-electron chi connectivity index (χ4n) is 3.64. The van der Waals surface area contributed by atoms with Gasteiger partial charge >= 0.3 is 0 Å². The lowest BCUT2D eigenvalue weighted by Crippen LogP contribution is -2.45. The maximum Gasteiger partial charge on any atom is 0.285 e. The van der Waals surface area contributed by atoms with Crippen LogP contribution in [0.4, 0.5) is 0 Å². The molecule has 0 bridgehead atoms. The van der Waals surface area contributed by atoms with E-state index in [1.54, 1.807) is 36.6 Å². The van der Waals surface area contributed by atoms with Gasteiger partial charge in [0.2, 0.25) is 5.91 Å². The van der Waals surface area contributed by atoms with Gasteiger partial charge in [-0.15, -0.1) is 4.40 Å². The predicted octanol–water partition coefficient (Wildman–Crippen LogP) is 2.32. The molecule has 0 radical (unpaired) electrons. The van der Waals surface area contributed by atoms with E-state index in [-0.39, 0.29) is 22.8 Å². The van der Waals surface area contributed by atoms with Gasteiger partial charge in [-0.05, 0) is 44.0 Å². The number of likely N-dealkylation sites (tertiary alicyclic amines) is 1. The second-order valence-corrected chi connectivity index (χ2v) is 8.49. The number of amides is 1. The Bertz CT molecular complexity index is 982. The van der Waals surface area contributed by atoms with Crippen LogP contribution in [0.5, 0.6) is 0 Å². The quantitative estimate of drug-likeness (QED) is 0.873. The van der Waals surface area contributed by atoms with Crippen molar-refractivity contribution in [3.8, 4) is 0 Å². The standard InChI is InChI=1S/C19H21N3O4S/c1-13(16-8-5-11-26-16)20-19(23)14-6-4-10-22(12-14)18-15-7-2-3-9-17(15)27(24,25)21-18/h2-3,5,7-9,11,13-14H,4,6,10,12H2,1H3,(H,20,23)/t13-,14+/m1/s1. The van der Waals surface area contributed by atoms with Crippen molar-refractivity contribution in [3.63, 3.8) is 0 Å². The summed E-state index contributed by atoms with van der Waals surface area (Å²) in [6, 6.07) is 10.2. The fourth-order valence-corrected chi connectivity index (χ4v) is 4.87. The van der Waals surface area contributed by atoms with E-state index in [4.69, 9.17) is 4.42 Å². The van der Waals surface area contributed by atoms with Gasteiger partial charge < -0.3 is 14.6 Å². The van der Waals surface area contributed by atoms with Crippen molar-refractivity contribution >= 4 is 21.8 Å². The molecule has 0 spiro atoms. The zero-order chi connectivity index (χ0) is 19.0. The lowest BCUT2D eigenvalue weighted by atomic mass is 9.96. The minimum Gasteiger partial charge on any atom is -0.467 e. The summed E-state index contributed by atoms with van der Waals surface area (Å²) in [5.74, 6) is 0.867. The molecule has 2 atom stereocenters. The number of nitrogens with one attached hydrogen (secondary N) is 1. The molecule has 8 heteroatoms. The van der Waals surface area contributed by atoms with E-state index in [0.29, 0.717) is 30.2 Å². The van der Waals surface area contributed by atoms with Crippen LogP contribution >= 0.6 is 0 Å². The largest absolute Gasteiger partial charge is 0.467 e. The van der Waals surface area contributed by atoms with Gasteiger partial charge in [0.25, 0.3) is 10.0 Å². The zero-order valence-corrected chi connectivity index (χ0v) is 15.8.